The summed E-state index contributed by atoms with van der Waals surface area (Å²) in [6.07, 6.45) is 4.34. The highest BCUT2D eigenvalue weighted by molar-refractivity contribution is 7.89. The number of sulfonamides is 1. The third-order valence-electron chi connectivity index (χ3n) is 5.90. The highest BCUT2D eigenvalue weighted by Crippen LogP contribution is 2.28. The van der Waals surface area contributed by atoms with Crippen LogP contribution < -0.4 is 4.72 Å². The fourth-order valence-corrected chi connectivity index (χ4v) is 5.35. The Hall–Kier alpha value is -2.21. The van der Waals surface area contributed by atoms with E-state index in [2.05, 4.69) is 33.9 Å². The number of nitrogens with zero attached hydrogens (tertiary/aromatic N) is 1. The molecule has 4 nitrogen and oxygen atoms in total. The van der Waals surface area contributed by atoms with Crippen LogP contribution in [0.3, 0.4) is 0 Å². The summed E-state index contributed by atoms with van der Waals surface area (Å²) >= 11 is 0. The Bertz CT molecular complexity index is 1120. The molecule has 1 aliphatic rings. The zero-order valence-electron chi connectivity index (χ0n) is 17.1. The van der Waals surface area contributed by atoms with Crippen LogP contribution in [0.25, 0.3) is 10.8 Å². The van der Waals surface area contributed by atoms with Crippen LogP contribution in [0.15, 0.2) is 65.6 Å². The molecule has 0 fully saturated rings. The smallest absolute Gasteiger partial charge is 0.240 e. The van der Waals surface area contributed by atoms with Gasteiger partial charge in [-0.2, -0.15) is 0 Å². The second-order valence-corrected chi connectivity index (χ2v) is 9.80. The number of nitrogens with one attached hydrogen (secondary N) is 1. The Morgan fingerprint density at radius 3 is 2.45 bits per heavy atom. The van der Waals surface area contributed by atoms with Gasteiger partial charge in [-0.15, -0.1) is 0 Å². The summed E-state index contributed by atoms with van der Waals surface area (Å²) < 4.78 is 28.9. The number of hydrogen-bond acceptors (Lipinski definition) is 3. The van der Waals surface area contributed by atoms with Gasteiger partial charge in [0.2, 0.25) is 10.0 Å². The Kier molecular flexibility index (Phi) is 5.72. The monoisotopic (exact) mass is 408 g/mol. The van der Waals surface area contributed by atoms with Gasteiger partial charge >= 0.3 is 0 Å². The van der Waals surface area contributed by atoms with E-state index in [4.69, 9.17) is 0 Å². The topological polar surface area (TPSA) is 49.4 Å². The van der Waals surface area contributed by atoms with Crippen molar-refractivity contribution in [3.63, 3.8) is 0 Å². The van der Waals surface area contributed by atoms with Gasteiger partial charge in [0.25, 0.3) is 0 Å². The third-order valence-corrected chi connectivity index (χ3v) is 7.32. The van der Waals surface area contributed by atoms with Crippen molar-refractivity contribution in [3.8, 4) is 0 Å². The first-order valence-corrected chi connectivity index (χ1v) is 11.7. The molecule has 152 valence electrons. The second-order valence-electron chi connectivity index (χ2n) is 8.04. The third kappa shape index (κ3) is 4.22. The summed E-state index contributed by atoms with van der Waals surface area (Å²) in [5.74, 6) is 0. The normalized spacial score (nSPS) is 15.4. The molecule has 5 heteroatoms. The van der Waals surface area contributed by atoms with Gasteiger partial charge in [0, 0.05) is 12.6 Å². The molecule has 29 heavy (non-hydrogen) atoms. The van der Waals surface area contributed by atoms with Gasteiger partial charge in [-0.3, -0.25) is 0 Å². The lowest BCUT2D eigenvalue weighted by Crippen LogP contribution is -2.34. The molecular formula is C24H28N2O2S. The summed E-state index contributed by atoms with van der Waals surface area (Å²) in [6, 6.07) is 20.0. The lowest BCUT2D eigenvalue weighted by molar-refractivity contribution is 0.301. The molecule has 0 unspecified atom stereocenters. The number of benzene rings is 3. The van der Waals surface area contributed by atoms with Gasteiger partial charge in [0.1, 0.15) is 0 Å². The number of likely N-dealkylation sites (N-methyl/N-ethyl adjacent to an activating group) is 1. The molecule has 3 aromatic carbocycles. The molecule has 0 spiro atoms. The van der Waals surface area contributed by atoms with Crippen LogP contribution in [0.5, 0.6) is 0 Å². The zero-order chi connectivity index (χ0) is 20.4. The van der Waals surface area contributed by atoms with Crippen molar-refractivity contribution in [2.45, 2.75) is 36.6 Å². The summed E-state index contributed by atoms with van der Waals surface area (Å²) in [5, 5.41) is 2.32. The molecule has 4 rings (SSSR count). The number of rotatable bonds is 6. The zero-order valence-corrected chi connectivity index (χ0v) is 17.9. The summed E-state index contributed by atoms with van der Waals surface area (Å²) in [7, 11) is 0.411. The molecule has 0 amide bonds. The Morgan fingerprint density at radius 1 is 0.931 bits per heavy atom. The van der Waals surface area contributed by atoms with Crippen LogP contribution in [-0.4, -0.2) is 34.0 Å². The minimum atomic E-state index is -3.56. The van der Waals surface area contributed by atoms with E-state index in [9.17, 15) is 8.42 Å². The molecule has 0 heterocycles. The highest BCUT2D eigenvalue weighted by atomic mass is 32.2. The fourth-order valence-electron chi connectivity index (χ4n) is 4.26. The Morgan fingerprint density at radius 2 is 1.66 bits per heavy atom. The molecule has 3 aromatic rings. The van der Waals surface area contributed by atoms with E-state index >= 15 is 0 Å². The van der Waals surface area contributed by atoms with E-state index in [1.165, 1.54) is 17.5 Å². The number of fused-ring (bicyclic) bond motifs is 2. The number of aryl methyl sites for hydroxylation is 2. The molecule has 0 saturated heterocycles. The van der Waals surface area contributed by atoms with Crippen LogP contribution in [0.2, 0.25) is 0 Å². The molecular weight excluding hydrogens is 380 g/mol. The van der Waals surface area contributed by atoms with Gasteiger partial charge in [-0.25, -0.2) is 13.1 Å². The van der Waals surface area contributed by atoms with Crippen molar-refractivity contribution in [3.05, 3.63) is 77.4 Å². The highest BCUT2D eigenvalue weighted by Gasteiger charge is 2.22. The summed E-state index contributed by atoms with van der Waals surface area (Å²) in [4.78, 5) is 2.44. The average Bonchev–Trinajstić information content (AvgIpc) is 2.73. The van der Waals surface area contributed by atoms with Crippen molar-refractivity contribution in [2.24, 2.45) is 0 Å². The van der Waals surface area contributed by atoms with Gasteiger partial charge in [0.05, 0.1) is 4.90 Å². The average molecular weight is 409 g/mol. The summed E-state index contributed by atoms with van der Waals surface area (Å²) in [6.45, 7) is 0.320. The molecule has 0 aromatic heterocycles. The minimum absolute atomic E-state index is 0.0616. The molecule has 0 aliphatic heterocycles. The van der Waals surface area contributed by atoms with Crippen molar-refractivity contribution in [1.82, 2.24) is 9.62 Å². The molecule has 1 atom stereocenters. The predicted molar refractivity (Wildman–Crippen MR) is 119 cm³/mol. The minimum Gasteiger partial charge on any atom is -0.301 e. The maximum Gasteiger partial charge on any atom is 0.240 e. The van der Waals surface area contributed by atoms with Crippen LogP contribution in [-0.2, 0) is 22.9 Å². The van der Waals surface area contributed by atoms with Gasteiger partial charge < -0.3 is 4.90 Å². The molecule has 1 aliphatic carbocycles. The largest absolute Gasteiger partial charge is 0.301 e. The molecule has 0 bridgehead atoms. The lowest BCUT2D eigenvalue weighted by atomic mass is 9.92. The maximum atomic E-state index is 13.0. The first-order chi connectivity index (χ1) is 14.0. The fraction of sp³-hybridized carbons (Fsp3) is 0.333. The summed E-state index contributed by atoms with van der Waals surface area (Å²) in [5.41, 5.74) is 3.59. The maximum absolute atomic E-state index is 13.0. The SMILES string of the molecule is CN(C)[C@H](CNS(=O)(=O)c1ccc2c(c1)CCCC2)c1cccc2ccccc12. The second kappa shape index (κ2) is 8.27. The van der Waals surface area contributed by atoms with Crippen molar-refractivity contribution >= 4 is 20.8 Å². The van der Waals surface area contributed by atoms with E-state index in [1.54, 1.807) is 6.07 Å². The van der Waals surface area contributed by atoms with Gasteiger partial charge in [-0.1, -0.05) is 48.5 Å². The first kappa shape index (κ1) is 20.1. The molecule has 0 saturated carbocycles. The van der Waals surface area contributed by atoms with Crippen LogP contribution >= 0.6 is 0 Å². The van der Waals surface area contributed by atoms with Gasteiger partial charge in [-0.05, 0) is 79.4 Å². The van der Waals surface area contributed by atoms with E-state index in [1.807, 2.05) is 44.4 Å². The lowest BCUT2D eigenvalue weighted by Gasteiger charge is -2.26. The van der Waals surface area contributed by atoms with E-state index < -0.39 is 10.0 Å². The van der Waals surface area contributed by atoms with E-state index in [0.717, 1.165) is 35.6 Å². The van der Waals surface area contributed by atoms with Crippen LogP contribution in [0, 0.1) is 0 Å². The van der Waals surface area contributed by atoms with Crippen molar-refractivity contribution in [1.29, 1.82) is 0 Å². The van der Waals surface area contributed by atoms with Crippen LogP contribution in [0.1, 0.15) is 35.6 Å². The molecule has 1 N–H and O–H groups in total. The Labute approximate surface area is 173 Å². The van der Waals surface area contributed by atoms with Crippen LogP contribution in [0.4, 0.5) is 0 Å². The van der Waals surface area contributed by atoms with Gasteiger partial charge in [0.15, 0.2) is 0 Å². The first-order valence-electron chi connectivity index (χ1n) is 10.2. The van der Waals surface area contributed by atoms with Crippen molar-refractivity contribution < 1.29 is 8.42 Å². The Balaban J connectivity index is 1.59. The standard InChI is InChI=1S/C24H28N2O2S/c1-26(2)24(23-13-7-11-19-9-5-6-12-22(19)23)17-25-29(27,28)21-15-14-18-8-3-4-10-20(18)16-21/h5-7,9,11-16,24-25H,3-4,8,10,17H2,1-2H3/t24-/m1/s1. The van der Waals surface area contributed by atoms with Crippen molar-refractivity contribution in [2.75, 3.05) is 20.6 Å². The van der Waals surface area contributed by atoms with E-state index in [0.29, 0.717) is 11.4 Å². The van der Waals surface area contributed by atoms with E-state index in [-0.39, 0.29) is 6.04 Å². The molecule has 0 radical (unpaired) electrons. The number of hydrogen-bond donors (Lipinski definition) is 1. The quantitative estimate of drug-likeness (QED) is 0.662. The predicted octanol–water partition coefficient (Wildman–Crippen LogP) is 4.30.